The largest absolute Gasteiger partial charge is 0.416 e. The Kier molecular flexibility index (Phi) is 4.46. The molecule has 0 aliphatic heterocycles. The van der Waals surface area contributed by atoms with Gasteiger partial charge in [0.2, 0.25) is 0 Å². The van der Waals surface area contributed by atoms with Gasteiger partial charge in [0.15, 0.2) is 0 Å². The van der Waals surface area contributed by atoms with E-state index in [0.717, 1.165) is 28.9 Å². The average molecular weight is 343 g/mol. The lowest BCUT2D eigenvalue weighted by Crippen LogP contribution is -2.40. The van der Waals surface area contributed by atoms with Crippen LogP contribution in [0.3, 0.4) is 0 Å². The molecule has 25 heavy (non-hydrogen) atoms. The molecule has 0 fully saturated rings. The summed E-state index contributed by atoms with van der Waals surface area (Å²) < 4.78 is 38.6. The first-order valence-corrected chi connectivity index (χ1v) is 8.20. The summed E-state index contributed by atoms with van der Waals surface area (Å²) in [5.74, 6) is 0.0792. The summed E-state index contributed by atoms with van der Waals surface area (Å²) in [5.41, 5.74) is 1.66. The molecule has 130 valence electrons. The van der Waals surface area contributed by atoms with Crippen molar-refractivity contribution in [1.82, 2.24) is 0 Å². The summed E-state index contributed by atoms with van der Waals surface area (Å²) in [6.45, 7) is 4.07. The van der Waals surface area contributed by atoms with Crippen LogP contribution in [0.5, 0.6) is 0 Å². The highest BCUT2D eigenvalue weighted by atomic mass is 19.4. The molecule has 0 aromatic heterocycles. The smallest absolute Gasteiger partial charge is 0.372 e. The molecule has 4 heteroatoms. The predicted octanol–water partition coefficient (Wildman–Crippen LogP) is 6.08. The summed E-state index contributed by atoms with van der Waals surface area (Å²) >= 11 is 0. The number of aryl methyl sites for hydroxylation is 1. The number of allylic oxidation sites excluding steroid dienone is 2. The molecule has 1 nitrogen and oxygen atoms in total. The van der Waals surface area contributed by atoms with Crippen LogP contribution in [0.15, 0.2) is 72.8 Å². The second-order valence-corrected chi connectivity index (χ2v) is 6.47. The van der Waals surface area contributed by atoms with Crippen molar-refractivity contribution in [3.05, 3.63) is 89.5 Å². The number of rotatable bonds is 3. The zero-order chi connectivity index (χ0) is 18.1. The molecule has 3 rings (SSSR count). The van der Waals surface area contributed by atoms with E-state index in [1.54, 1.807) is 12.1 Å². The van der Waals surface area contributed by atoms with Crippen LogP contribution < -0.4 is 5.32 Å². The normalized spacial score (nSPS) is 22.8. The Bertz CT molecular complexity index is 785. The quantitative estimate of drug-likeness (QED) is 0.712. The third-order valence-corrected chi connectivity index (χ3v) is 4.68. The molecular weight excluding hydrogens is 323 g/mol. The molecule has 0 bridgehead atoms. The maximum atomic E-state index is 12.9. The van der Waals surface area contributed by atoms with E-state index in [0.29, 0.717) is 0 Å². The fourth-order valence-electron chi connectivity index (χ4n) is 3.14. The molecule has 2 unspecified atom stereocenters. The molecular formula is C21H20F3N. The summed E-state index contributed by atoms with van der Waals surface area (Å²) in [7, 11) is 0. The maximum absolute atomic E-state index is 12.9. The van der Waals surface area contributed by atoms with Gasteiger partial charge in [0.25, 0.3) is 0 Å². The van der Waals surface area contributed by atoms with Gasteiger partial charge in [0.1, 0.15) is 0 Å². The SMILES string of the molecule is Cc1ccc(NC2(c3ccc(C(F)(F)F)cc3)C=CC=CC2C)cc1. The Morgan fingerprint density at radius 2 is 1.56 bits per heavy atom. The van der Waals surface area contributed by atoms with Crippen molar-refractivity contribution in [2.45, 2.75) is 25.6 Å². The number of alkyl halides is 3. The third-order valence-electron chi connectivity index (χ3n) is 4.68. The van der Waals surface area contributed by atoms with Gasteiger partial charge < -0.3 is 5.32 Å². The molecule has 0 saturated heterocycles. The predicted molar refractivity (Wildman–Crippen MR) is 95.4 cm³/mol. The van der Waals surface area contributed by atoms with Crippen LogP contribution in [0.1, 0.15) is 23.6 Å². The number of halogens is 3. The van der Waals surface area contributed by atoms with E-state index in [1.165, 1.54) is 0 Å². The minimum atomic E-state index is -4.33. The molecule has 0 amide bonds. The van der Waals surface area contributed by atoms with Crippen molar-refractivity contribution in [2.24, 2.45) is 5.92 Å². The van der Waals surface area contributed by atoms with Crippen molar-refractivity contribution >= 4 is 5.69 Å². The first kappa shape index (κ1) is 17.3. The summed E-state index contributed by atoms with van der Waals surface area (Å²) in [4.78, 5) is 0. The second-order valence-electron chi connectivity index (χ2n) is 6.47. The van der Waals surface area contributed by atoms with Gasteiger partial charge in [-0.1, -0.05) is 61.1 Å². The monoisotopic (exact) mass is 343 g/mol. The van der Waals surface area contributed by atoms with E-state index in [2.05, 4.69) is 18.3 Å². The van der Waals surface area contributed by atoms with Gasteiger partial charge in [-0.05, 0) is 36.8 Å². The molecule has 1 aliphatic rings. The van der Waals surface area contributed by atoms with Gasteiger partial charge in [0, 0.05) is 11.6 Å². The Balaban J connectivity index is 2.02. The van der Waals surface area contributed by atoms with Gasteiger partial charge in [-0.25, -0.2) is 0 Å². The zero-order valence-corrected chi connectivity index (χ0v) is 14.1. The van der Waals surface area contributed by atoms with E-state index >= 15 is 0 Å². The first-order valence-electron chi connectivity index (χ1n) is 8.20. The van der Waals surface area contributed by atoms with Crippen LogP contribution in [0.25, 0.3) is 0 Å². The molecule has 1 N–H and O–H groups in total. The van der Waals surface area contributed by atoms with Gasteiger partial charge in [-0.3, -0.25) is 0 Å². The standard InChI is InChI=1S/C21H20F3N/c1-15-6-12-19(13-7-15)25-20(14-4-3-5-16(20)2)17-8-10-18(11-9-17)21(22,23)24/h3-14,16,25H,1-2H3. The molecule has 2 aromatic rings. The van der Waals surface area contributed by atoms with E-state index in [4.69, 9.17) is 0 Å². The Labute approximate surface area is 145 Å². The maximum Gasteiger partial charge on any atom is 0.416 e. The number of hydrogen-bond acceptors (Lipinski definition) is 1. The third kappa shape index (κ3) is 3.48. The van der Waals surface area contributed by atoms with Gasteiger partial charge in [-0.15, -0.1) is 0 Å². The molecule has 0 heterocycles. The summed E-state index contributed by atoms with van der Waals surface area (Å²) in [5, 5.41) is 3.53. The Morgan fingerprint density at radius 1 is 0.920 bits per heavy atom. The van der Waals surface area contributed by atoms with E-state index in [9.17, 15) is 13.2 Å². The molecule has 0 radical (unpaired) electrons. The highest BCUT2D eigenvalue weighted by molar-refractivity contribution is 5.53. The lowest BCUT2D eigenvalue weighted by molar-refractivity contribution is -0.137. The number of anilines is 1. The minimum Gasteiger partial charge on any atom is -0.372 e. The van der Waals surface area contributed by atoms with Crippen molar-refractivity contribution in [1.29, 1.82) is 0 Å². The van der Waals surface area contributed by atoms with Crippen LogP contribution in [0.4, 0.5) is 18.9 Å². The zero-order valence-electron chi connectivity index (χ0n) is 14.1. The number of nitrogens with one attached hydrogen (secondary N) is 1. The fraction of sp³-hybridized carbons (Fsp3) is 0.238. The number of benzene rings is 2. The Morgan fingerprint density at radius 3 is 2.12 bits per heavy atom. The average Bonchev–Trinajstić information content (AvgIpc) is 2.58. The van der Waals surface area contributed by atoms with Crippen molar-refractivity contribution in [2.75, 3.05) is 5.32 Å². The van der Waals surface area contributed by atoms with Gasteiger partial charge >= 0.3 is 6.18 Å². The van der Waals surface area contributed by atoms with Crippen LogP contribution in [0, 0.1) is 12.8 Å². The molecule has 2 aromatic carbocycles. The lowest BCUT2D eigenvalue weighted by Gasteiger charge is -2.39. The first-order chi connectivity index (χ1) is 11.8. The Hall–Kier alpha value is -2.49. The van der Waals surface area contributed by atoms with Crippen molar-refractivity contribution in [3.8, 4) is 0 Å². The molecule has 0 saturated carbocycles. The molecule has 1 aliphatic carbocycles. The minimum absolute atomic E-state index is 0.0792. The lowest BCUT2D eigenvalue weighted by atomic mass is 9.76. The highest BCUT2D eigenvalue weighted by Crippen LogP contribution is 2.39. The van der Waals surface area contributed by atoms with E-state index in [1.807, 2.05) is 49.4 Å². The fourth-order valence-corrected chi connectivity index (χ4v) is 3.14. The highest BCUT2D eigenvalue weighted by Gasteiger charge is 2.37. The number of hydrogen-bond donors (Lipinski definition) is 1. The van der Waals surface area contributed by atoms with Crippen LogP contribution in [-0.2, 0) is 11.7 Å². The van der Waals surface area contributed by atoms with Gasteiger partial charge in [0.05, 0.1) is 11.1 Å². The van der Waals surface area contributed by atoms with Crippen molar-refractivity contribution in [3.63, 3.8) is 0 Å². The van der Waals surface area contributed by atoms with E-state index < -0.39 is 17.3 Å². The van der Waals surface area contributed by atoms with Crippen LogP contribution in [-0.4, -0.2) is 0 Å². The molecule has 2 atom stereocenters. The van der Waals surface area contributed by atoms with Crippen LogP contribution in [0.2, 0.25) is 0 Å². The summed E-state index contributed by atoms with van der Waals surface area (Å²) in [6.07, 6.45) is 3.63. The molecule has 0 spiro atoms. The van der Waals surface area contributed by atoms with Crippen molar-refractivity contribution < 1.29 is 13.2 Å². The second kappa shape index (κ2) is 6.43. The van der Waals surface area contributed by atoms with E-state index in [-0.39, 0.29) is 5.92 Å². The van der Waals surface area contributed by atoms with Crippen LogP contribution >= 0.6 is 0 Å². The van der Waals surface area contributed by atoms with Gasteiger partial charge in [-0.2, -0.15) is 13.2 Å². The summed E-state index contributed by atoms with van der Waals surface area (Å²) in [6, 6.07) is 13.4. The topological polar surface area (TPSA) is 12.0 Å².